The lowest BCUT2D eigenvalue weighted by Crippen LogP contribution is -2.30. The normalized spacial score (nSPS) is 13.9. The number of hydrogen-bond acceptors (Lipinski definition) is 2. The zero-order valence-electron chi connectivity index (χ0n) is 10.5. The molecule has 0 amide bonds. The largest absolute Gasteiger partial charge is 0.401 e. The van der Waals surface area contributed by atoms with Crippen LogP contribution in [-0.4, -0.2) is 6.54 Å². The molecule has 0 saturated heterocycles. The molecule has 1 heterocycles. The van der Waals surface area contributed by atoms with Crippen LogP contribution in [0.5, 0.6) is 0 Å². The fourth-order valence-corrected chi connectivity index (χ4v) is 2.45. The highest BCUT2D eigenvalue weighted by molar-refractivity contribution is 5.72. The number of hydrogen-bond donors (Lipinski definition) is 1. The molecule has 0 aromatic heterocycles. The summed E-state index contributed by atoms with van der Waals surface area (Å²) in [5.41, 5.74) is 10.00. The number of nitrogens with zero attached hydrogens (tertiary/aromatic N) is 1. The Morgan fingerprint density at radius 3 is 2.79 bits per heavy atom. The van der Waals surface area contributed by atoms with Crippen LogP contribution in [0.25, 0.3) is 6.08 Å². The molecule has 2 aromatic carbocycles. The van der Waals surface area contributed by atoms with Gasteiger partial charge in [0, 0.05) is 17.9 Å². The minimum atomic E-state index is -0.202. The molecule has 2 N–H and O–H groups in total. The summed E-state index contributed by atoms with van der Waals surface area (Å²) in [6.07, 6.45) is 2.00. The number of rotatable bonds is 2. The average Bonchev–Trinajstić information content (AvgIpc) is 2.38. The average molecular weight is 254 g/mol. The molecule has 0 spiro atoms. The standard InChI is InChI=1S/C16H15FN2/c17-14-6-3-4-12(8-14)10-19-11-15(18)9-13-5-1-2-7-16(13)19/h1-9H,10-11,18H2. The Bertz CT molecular complexity index is 634. The van der Waals surface area contributed by atoms with E-state index in [4.69, 9.17) is 5.73 Å². The van der Waals surface area contributed by atoms with Crippen molar-refractivity contribution in [3.8, 4) is 0 Å². The van der Waals surface area contributed by atoms with Gasteiger partial charge in [-0.25, -0.2) is 4.39 Å². The predicted octanol–water partition coefficient (Wildman–Crippen LogP) is 3.15. The van der Waals surface area contributed by atoms with Crippen molar-refractivity contribution in [2.75, 3.05) is 11.4 Å². The smallest absolute Gasteiger partial charge is 0.123 e. The van der Waals surface area contributed by atoms with Crippen molar-refractivity contribution in [2.24, 2.45) is 5.73 Å². The zero-order chi connectivity index (χ0) is 13.2. The van der Waals surface area contributed by atoms with Gasteiger partial charge in [0.1, 0.15) is 5.82 Å². The maximum Gasteiger partial charge on any atom is 0.123 e. The molecule has 2 nitrogen and oxygen atoms in total. The van der Waals surface area contributed by atoms with Gasteiger partial charge in [-0.1, -0.05) is 30.3 Å². The van der Waals surface area contributed by atoms with Crippen LogP contribution >= 0.6 is 0 Å². The molecular formula is C16H15FN2. The van der Waals surface area contributed by atoms with Gasteiger partial charge in [0.15, 0.2) is 0 Å². The quantitative estimate of drug-likeness (QED) is 0.892. The van der Waals surface area contributed by atoms with Crippen molar-refractivity contribution in [1.82, 2.24) is 0 Å². The number of benzene rings is 2. The van der Waals surface area contributed by atoms with E-state index in [9.17, 15) is 4.39 Å². The van der Waals surface area contributed by atoms with E-state index in [1.807, 2.05) is 30.3 Å². The van der Waals surface area contributed by atoms with E-state index in [1.165, 1.54) is 6.07 Å². The molecule has 1 aliphatic heterocycles. The summed E-state index contributed by atoms with van der Waals surface area (Å²) in [7, 11) is 0. The lowest BCUT2D eigenvalue weighted by atomic mass is 10.1. The molecule has 0 aliphatic carbocycles. The van der Waals surface area contributed by atoms with Crippen LogP contribution in [0.15, 0.2) is 54.2 Å². The van der Waals surface area contributed by atoms with E-state index >= 15 is 0 Å². The van der Waals surface area contributed by atoms with Crippen molar-refractivity contribution in [3.63, 3.8) is 0 Å². The number of nitrogens with two attached hydrogens (primary N) is 1. The molecule has 2 aromatic rings. The third-order valence-electron chi connectivity index (χ3n) is 3.25. The number of halogens is 1. The topological polar surface area (TPSA) is 29.3 Å². The summed E-state index contributed by atoms with van der Waals surface area (Å²) in [6.45, 7) is 1.33. The first-order valence-electron chi connectivity index (χ1n) is 6.27. The molecule has 0 unspecified atom stereocenters. The first-order chi connectivity index (χ1) is 9.22. The van der Waals surface area contributed by atoms with Crippen LogP contribution in [0.4, 0.5) is 10.1 Å². The van der Waals surface area contributed by atoms with Crippen molar-refractivity contribution >= 4 is 11.8 Å². The lowest BCUT2D eigenvalue weighted by Gasteiger charge is -2.30. The number of anilines is 1. The van der Waals surface area contributed by atoms with Crippen molar-refractivity contribution in [3.05, 3.63) is 71.2 Å². The van der Waals surface area contributed by atoms with Crippen molar-refractivity contribution in [1.29, 1.82) is 0 Å². The van der Waals surface area contributed by atoms with E-state index in [1.54, 1.807) is 12.1 Å². The molecule has 3 heteroatoms. The molecule has 0 bridgehead atoms. The van der Waals surface area contributed by atoms with Crippen molar-refractivity contribution < 1.29 is 4.39 Å². The van der Waals surface area contributed by atoms with Crippen LogP contribution in [0.2, 0.25) is 0 Å². The molecule has 0 radical (unpaired) electrons. The second kappa shape index (κ2) is 4.76. The SMILES string of the molecule is NC1=Cc2ccccc2N(Cc2cccc(F)c2)C1. The van der Waals surface area contributed by atoms with Gasteiger partial charge in [0.05, 0.1) is 6.54 Å². The fourth-order valence-electron chi connectivity index (χ4n) is 2.45. The summed E-state index contributed by atoms with van der Waals surface area (Å²) in [5, 5.41) is 0. The first-order valence-corrected chi connectivity index (χ1v) is 6.27. The molecule has 96 valence electrons. The van der Waals surface area contributed by atoms with Gasteiger partial charge >= 0.3 is 0 Å². The summed E-state index contributed by atoms with van der Waals surface area (Å²) < 4.78 is 13.2. The van der Waals surface area contributed by atoms with Crippen LogP contribution in [0.1, 0.15) is 11.1 Å². The summed E-state index contributed by atoms with van der Waals surface area (Å²) >= 11 is 0. The van der Waals surface area contributed by atoms with Crippen LogP contribution in [0, 0.1) is 5.82 Å². The van der Waals surface area contributed by atoms with E-state index in [0.29, 0.717) is 13.1 Å². The van der Waals surface area contributed by atoms with Gasteiger partial charge in [-0.15, -0.1) is 0 Å². The summed E-state index contributed by atoms with van der Waals surface area (Å²) in [5.74, 6) is -0.202. The molecule has 1 aliphatic rings. The second-order valence-electron chi connectivity index (χ2n) is 4.76. The van der Waals surface area contributed by atoms with Crippen LogP contribution in [-0.2, 0) is 6.54 Å². The molecule has 0 atom stereocenters. The third kappa shape index (κ3) is 2.45. The van der Waals surface area contributed by atoms with E-state index in [0.717, 1.165) is 22.5 Å². The van der Waals surface area contributed by atoms with E-state index in [-0.39, 0.29) is 5.82 Å². The minimum absolute atomic E-state index is 0.202. The predicted molar refractivity (Wildman–Crippen MR) is 76.1 cm³/mol. The monoisotopic (exact) mass is 254 g/mol. The summed E-state index contributed by atoms with van der Waals surface area (Å²) in [6, 6.07) is 14.8. The van der Waals surface area contributed by atoms with Gasteiger partial charge < -0.3 is 10.6 Å². The maximum absolute atomic E-state index is 13.2. The van der Waals surface area contributed by atoms with Gasteiger partial charge in [0.25, 0.3) is 0 Å². The molecular weight excluding hydrogens is 239 g/mol. The zero-order valence-corrected chi connectivity index (χ0v) is 10.5. The Morgan fingerprint density at radius 2 is 1.95 bits per heavy atom. The van der Waals surface area contributed by atoms with Gasteiger partial charge in [-0.3, -0.25) is 0 Å². The van der Waals surface area contributed by atoms with Crippen molar-refractivity contribution in [2.45, 2.75) is 6.54 Å². The summed E-state index contributed by atoms with van der Waals surface area (Å²) in [4.78, 5) is 2.17. The van der Waals surface area contributed by atoms with E-state index < -0.39 is 0 Å². The third-order valence-corrected chi connectivity index (χ3v) is 3.25. The Morgan fingerprint density at radius 1 is 1.11 bits per heavy atom. The fraction of sp³-hybridized carbons (Fsp3) is 0.125. The molecule has 0 fully saturated rings. The molecule has 0 saturated carbocycles. The highest BCUT2D eigenvalue weighted by atomic mass is 19.1. The van der Waals surface area contributed by atoms with Crippen LogP contribution in [0.3, 0.4) is 0 Å². The Kier molecular flexibility index (Phi) is 2.95. The Hall–Kier alpha value is -2.29. The van der Waals surface area contributed by atoms with E-state index in [2.05, 4.69) is 11.0 Å². The number of fused-ring (bicyclic) bond motifs is 1. The van der Waals surface area contributed by atoms with Gasteiger partial charge in [-0.2, -0.15) is 0 Å². The molecule has 3 rings (SSSR count). The Balaban J connectivity index is 1.92. The lowest BCUT2D eigenvalue weighted by molar-refractivity contribution is 0.624. The second-order valence-corrected chi connectivity index (χ2v) is 4.76. The first kappa shape index (κ1) is 11.8. The Labute approximate surface area is 112 Å². The molecule has 19 heavy (non-hydrogen) atoms. The van der Waals surface area contributed by atoms with Crippen LogP contribution < -0.4 is 10.6 Å². The maximum atomic E-state index is 13.2. The highest BCUT2D eigenvalue weighted by Crippen LogP contribution is 2.28. The number of para-hydroxylation sites is 1. The highest BCUT2D eigenvalue weighted by Gasteiger charge is 2.16. The minimum Gasteiger partial charge on any atom is -0.401 e. The van der Waals surface area contributed by atoms with Gasteiger partial charge in [0.2, 0.25) is 0 Å². The van der Waals surface area contributed by atoms with Gasteiger partial charge in [-0.05, 0) is 35.4 Å².